The molecule has 5 heterocycles. The molecule has 4 saturated heterocycles. The van der Waals surface area contributed by atoms with Gasteiger partial charge in [0.25, 0.3) is 0 Å². The van der Waals surface area contributed by atoms with Gasteiger partial charge in [0, 0.05) is 31.6 Å². The van der Waals surface area contributed by atoms with E-state index in [1.165, 1.54) is 0 Å². The molecule has 0 aliphatic carbocycles. The third kappa shape index (κ3) is 4.31. The Morgan fingerprint density at radius 3 is 2.37 bits per heavy atom. The Hall–Kier alpha value is -1.91. The third-order valence-corrected chi connectivity index (χ3v) is 10.7. The summed E-state index contributed by atoms with van der Waals surface area (Å²) < 4.78 is 22.0. The van der Waals surface area contributed by atoms with Crippen LogP contribution >= 0.6 is 27.5 Å². The highest BCUT2D eigenvalue weighted by Crippen LogP contribution is 2.46. The number of benzene rings is 1. The summed E-state index contributed by atoms with van der Waals surface area (Å²) in [6.07, 6.45) is 5.20. The highest BCUT2D eigenvalue weighted by atomic mass is 79.9. The highest BCUT2D eigenvalue weighted by Gasteiger charge is 2.51. The molecule has 2 unspecified atom stereocenters. The van der Waals surface area contributed by atoms with Gasteiger partial charge in [0.05, 0.1) is 27.1 Å². The molecular formula is C27H34BrClFN5O3. The second-order valence-corrected chi connectivity index (χ2v) is 12.8. The van der Waals surface area contributed by atoms with E-state index >= 15 is 4.39 Å². The predicted octanol–water partition coefficient (Wildman–Crippen LogP) is 5.80. The molecule has 0 saturated carbocycles. The molecule has 8 nitrogen and oxygen atoms in total. The molecular weight excluding hydrogens is 577 g/mol. The minimum Gasteiger partial charge on any atom is -0.465 e. The molecule has 2 bridgehead atoms. The highest BCUT2D eigenvalue weighted by molar-refractivity contribution is 9.10. The predicted molar refractivity (Wildman–Crippen MR) is 148 cm³/mol. The first-order valence-corrected chi connectivity index (χ1v) is 14.9. The van der Waals surface area contributed by atoms with Crippen molar-refractivity contribution in [2.45, 2.75) is 70.0 Å². The summed E-state index contributed by atoms with van der Waals surface area (Å²) in [4.78, 5) is 27.4. The molecule has 2 aromatic rings. The van der Waals surface area contributed by atoms with Crippen LogP contribution in [0.4, 0.5) is 15.0 Å². The number of rotatable bonds is 6. The van der Waals surface area contributed by atoms with E-state index in [9.17, 15) is 9.90 Å². The fourth-order valence-electron chi connectivity index (χ4n) is 7.42. The maximum Gasteiger partial charge on any atom is 0.407 e. The fourth-order valence-corrected chi connectivity index (χ4v) is 7.91. The SMILES string of the molecule is CCC1CN2CC(CC)CC2(COc2nc(N3C[C@H]4CC[C@@H](C3)N4C(=O)O)c3cc(Cl)c(Br)c(F)c3n2)C1. The van der Waals surface area contributed by atoms with Gasteiger partial charge >= 0.3 is 12.1 Å². The van der Waals surface area contributed by atoms with Crippen LogP contribution in [0.25, 0.3) is 10.9 Å². The van der Waals surface area contributed by atoms with Crippen LogP contribution in [0.15, 0.2) is 10.5 Å². The quantitative estimate of drug-likeness (QED) is 0.415. The van der Waals surface area contributed by atoms with Gasteiger partial charge in [-0.15, -0.1) is 0 Å². The number of aromatic nitrogens is 2. The van der Waals surface area contributed by atoms with Crippen LogP contribution in [0.5, 0.6) is 6.01 Å². The molecule has 1 amide bonds. The summed E-state index contributed by atoms with van der Waals surface area (Å²) in [6.45, 7) is 8.13. The Labute approximate surface area is 235 Å². The molecule has 1 aromatic heterocycles. The molecule has 11 heteroatoms. The third-order valence-electron chi connectivity index (χ3n) is 9.38. The average molecular weight is 611 g/mol. The smallest absolute Gasteiger partial charge is 0.407 e. The lowest BCUT2D eigenvalue weighted by molar-refractivity contribution is 0.107. The standard InChI is InChI=1S/C27H34BrClFN5O3/c1-3-15-8-27(9-16(4-2)11-34(27)10-15)14-38-25-31-23-19(7-20(29)21(28)22(23)30)24(32-25)33-12-17-5-6-18(13-33)35(17)26(36)37/h7,15-18H,3-6,8-14H2,1-2H3,(H,36,37)/t15?,16?,17-,18+,27?. The molecule has 38 heavy (non-hydrogen) atoms. The summed E-state index contributed by atoms with van der Waals surface area (Å²) >= 11 is 9.61. The largest absolute Gasteiger partial charge is 0.465 e. The molecule has 4 aliphatic heterocycles. The van der Waals surface area contributed by atoms with Gasteiger partial charge < -0.3 is 14.7 Å². The first kappa shape index (κ1) is 26.3. The molecule has 4 fully saturated rings. The first-order valence-electron chi connectivity index (χ1n) is 13.7. The zero-order valence-electron chi connectivity index (χ0n) is 21.8. The summed E-state index contributed by atoms with van der Waals surface area (Å²) in [6, 6.07) is 1.58. The van der Waals surface area contributed by atoms with Crippen LogP contribution in [0.2, 0.25) is 5.02 Å². The van der Waals surface area contributed by atoms with E-state index in [1.807, 2.05) is 0 Å². The van der Waals surface area contributed by atoms with Crippen LogP contribution in [-0.2, 0) is 0 Å². The average Bonchev–Trinajstić information content (AvgIpc) is 3.51. The number of amides is 1. The van der Waals surface area contributed by atoms with E-state index in [-0.39, 0.29) is 38.6 Å². The minimum absolute atomic E-state index is 0.0365. The van der Waals surface area contributed by atoms with E-state index in [2.05, 4.69) is 44.6 Å². The number of hydrogen-bond acceptors (Lipinski definition) is 6. The van der Waals surface area contributed by atoms with Crippen molar-refractivity contribution in [1.82, 2.24) is 19.8 Å². The van der Waals surface area contributed by atoms with Crippen molar-refractivity contribution in [2.75, 3.05) is 37.7 Å². The van der Waals surface area contributed by atoms with Crippen molar-refractivity contribution >= 4 is 50.3 Å². The number of piperazine rings is 1. The molecule has 4 atom stereocenters. The van der Waals surface area contributed by atoms with Crippen molar-refractivity contribution in [3.8, 4) is 6.01 Å². The number of fused-ring (bicyclic) bond motifs is 4. The molecule has 0 radical (unpaired) electrons. The normalized spacial score (nSPS) is 30.9. The van der Waals surface area contributed by atoms with Crippen molar-refractivity contribution in [1.29, 1.82) is 0 Å². The lowest BCUT2D eigenvalue weighted by atomic mass is 9.86. The summed E-state index contributed by atoms with van der Waals surface area (Å²) in [5, 5.41) is 10.4. The van der Waals surface area contributed by atoms with Gasteiger partial charge in [-0.05, 0) is 59.5 Å². The van der Waals surface area contributed by atoms with Crippen molar-refractivity contribution in [2.24, 2.45) is 11.8 Å². The van der Waals surface area contributed by atoms with Crippen LogP contribution in [-0.4, -0.2) is 81.4 Å². The Kier molecular flexibility index (Phi) is 6.88. The van der Waals surface area contributed by atoms with Gasteiger partial charge in [-0.2, -0.15) is 9.97 Å². The first-order chi connectivity index (χ1) is 18.2. The molecule has 1 N–H and O–H groups in total. The van der Waals surface area contributed by atoms with Crippen LogP contribution in [0.3, 0.4) is 0 Å². The number of hydrogen-bond donors (Lipinski definition) is 1. The maximum atomic E-state index is 15.5. The second-order valence-electron chi connectivity index (χ2n) is 11.6. The lowest BCUT2D eigenvalue weighted by Gasteiger charge is -2.40. The van der Waals surface area contributed by atoms with E-state index < -0.39 is 11.9 Å². The summed E-state index contributed by atoms with van der Waals surface area (Å²) in [7, 11) is 0. The maximum absolute atomic E-state index is 15.5. The van der Waals surface area contributed by atoms with Crippen LogP contribution in [0.1, 0.15) is 52.4 Å². The van der Waals surface area contributed by atoms with Gasteiger partial charge in [-0.1, -0.05) is 38.3 Å². The zero-order chi connectivity index (χ0) is 26.8. The number of nitrogens with zero attached hydrogens (tertiary/aromatic N) is 5. The Morgan fingerprint density at radius 1 is 1.16 bits per heavy atom. The molecule has 6 rings (SSSR count). The van der Waals surface area contributed by atoms with E-state index in [0.717, 1.165) is 51.6 Å². The Morgan fingerprint density at radius 2 is 1.79 bits per heavy atom. The van der Waals surface area contributed by atoms with Crippen molar-refractivity contribution in [3.63, 3.8) is 0 Å². The minimum atomic E-state index is -0.889. The molecule has 0 spiro atoms. The monoisotopic (exact) mass is 609 g/mol. The summed E-state index contributed by atoms with van der Waals surface area (Å²) in [5.41, 5.74) is 0.116. The fraction of sp³-hybridized carbons (Fsp3) is 0.667. The topological polar surface area (TPSA) is 82.0 Å². The van der Waals surface area contributed by atoms with Gasteiger partial charge in [-0.3, -0.25) is 9.80 Å². The molecule has 4 aliphatic rings. The van der Waals surface area contributed by atoms with Gasteiger partial charge in [0.1, 0.15) is 17.9 Å². The number of carboxylic acid groups (broad SMARTS) is 1. The second kappa shape index (κ2) is 9.93. The van der Waals surface area contributed by atoms with Crippen molar-refractivity contribution < 1.29 is 19.0 Å². The number of anilines is 1. The van der Waals surface area contributed by atoms with Gasteiger partial charge in [0.2, 0.25) is 0 Å². The van der Waals surface area contributed by atoms with Crippen LogP contribution < -0.4 is 9.64 Å². The van der Waals surface area contributed by atoms with Crippen molar-refractivity contribution in [3.05, 3.63) is 21.4 Å². The molecule has 206 valence electrons. The number of carbonyl (C=O) groups is 1. The van der Waals surface area contributed by atoms with Crippen LogP contribution in [0, 0.1) is 17.7 Å². The van der Waals surface area contributed by atoms with E-state index in [4.69, 9.17) is 21.3 Å². The van der Waals surface area contributed by atoms with Gasteiger partial charge in [0.15, 0.2) is 5.82 Å². The zero-order valence-corrected chi connectivity index (χ0v) is 24.1. The molecule has 1 aromatic carbocycles. The summed E-state index contributed by atoms with van der Waals surface area (Å²) in [5.74, 6) is 1.30. The van der Waals surface area contributed by atoms with E-state index in [1.54, 1.807) is 11.0 Å². The van der Waals surface area contributed by atoms with E-state index in [0.29, 0.717) is 42.7 Å². The Balaban J connectivity index is 1.35. The number of halogens is 3. The lowest BCUT2D eigenvalue weighted by Crippen LogP contribution is -2.55. The van der Waals surface area contributed by atoms with Gasteiger partial charge in [-0.25, -0.2) is 9.18 Å². The number of ether oxygens (including phenoxy) is 1. The Bertz CT molecular complexity index is 1240.